The van der Waals surface area contributed by atoms with Crippen LogP contribution in [0.2, 0.25) is 0 Å². The molecule has 2 atom stereocenters. The Morgan fingerprint density at radius 3 is 2.67 bits per heavy atom. The van der Waals surface area contributed by atoms with Gasteiger partial charge in [-0.3, -0.25) is 10.1 Å². The number of aryl methyl sites for hydroxylation is 1. The molecule has 2 unspecified atom stereocenters. The van der Waals surface area contributed by atoms with Gasteiger partial charge in [0.25, 0.3) is 5.69 Å². The van der Waals surface area contributed by atoms with Gasteiger partial charge in [-0.2, -0.15) is 0 Å². The van der Waals surface area contributed by atoms with Gasteiger partial charge in [0.05, 0.1) is 11.0 Å². The van der Waals surface area contributed by atoms with Crippen LogP contribution in [0.4, 0.5) is 5.69 Å². The monoisotopic (exact) mass is 269 g/mol. The van der Waals surface area contributed by atoms with E-state index in [-0.39, 0.29) is 22.6 Å². The van der Waals surface area contributed by atoms with Crippen LogP contribution in [0.5, 0.6) is 5.75 Å². The molecule has 0 aliphatic heterocycles. The zero-order chi connectivity index (χ0) is 13.5. The first-order chi connectivity index (χ1) is 8.32. The predicted octanol–water partition coefficient (Wildman–Crippen LogP) is 3.69. The van der Waals surface area contributed by atoms with E-state index in [1.54, 1.807) is 6.07 Å². The lowest BCUT2D eigenvalue weighted by molar-refractivity contribution is -0.385. The normalized spacial score (nSPS) is 25.3. The van der Waals surface area contributed by atoms with Crippen molar-refractivity contribution in [2.24, 2.45) is 5.41 Å². The minimum atomic E-state index is -0.414. The molecule has 0 spiro atoms. The summed E-state index contributed by atoms with van der Waals surface area (Å²) < 4.78 is 5.87. The first-order valence-corrected chi connectivity index (χ1v) is 6.32. The zero-order valence-electron chi connectivity index (χ0n) is 10.6. The molecule has 0 saturated heterocycles. The number of benzene rings is 1. The van der Waals surface area contributed by atoms with Crippen LogP contribution in [0.15, 0.2) is 18.2 Å². The van der Waals surface area contributed by atoms with Crippen LogP contribution in [-0.4, -0.2) is 16.4 Å². The van der Waals surface area contributed by atoms with E-state index in [0.717, 1.165) is 12.0 Å². The quantitative estimate of drug-likeness (QED) is 0.478. The van der Waals surface area contributed by atoms with E-state index in [4.69, 9.17) is 16.3 Å². The first-order valence-electron chi connectivity index (χ1n) is 5.88. The summed E-state index contributed by atoms with van der Waals surface area (Å²) in [6, 6.07) is 4.67. The maximum atomic E-state index is 10.7. The van der Waals surface area contributed by atoms with Crippen molar-refractivity contribution in [3.63, 3.8) is 0 Å². The van der Waals surface area contributed by atoms with Gasteiger partial charge in [-0.15, -0.1) is 11.6 Å². The third-order valence-corrected chi connectivity index (χ3v) is 4.45. The van der Waals surface area contributed by atoms with E-state index in [9.17, 15) is 10.1 Å². The summed E-state index contributed by atoms with van der Waals surface area (Å²) in [5.41, 5.74) is 0.850. The van der Waals surface area contributed by atoms with Crippen molar-refractivity contribution in [2.75, 3.05) is 0 Å². The first kappa shape index (κ1) is 13.1. The lowest BCUT2D eigenvalue weighted by Crippen LogP contribution is -2.53. The molecule has 0 amide bonds. The third kappa shape index (κ3) is 2.17. The number of ether oxygens (including phenoxy) is 1. The molecule has 1 saturated carbocycles. The second kappa shape index (κ2) is 4.43. The minimum absolute atomic E-state index is 0.0145. The molecular weight excluding hydrogens is 254 g/mol. The molecule has 1 aliphatic carbocycles. The molecule has 18 heavy (non-hydrogen) atoms. The highest BCUT2D eigenvalue weighted by Gasteiger charge is 2.49. The fourth-order valence-electron chi connectivity index (χ4n) is 2.02. The van der Waals surface area contributed by atoms with E-state index in [2.05, 4.69) is 0 Å². The molecule has 2 rings (SSSR count). The SMILES string of the molecule is Cc1ccc([N+](=O)[O-])cc1OC1CC(Cl)C1(C)C. The summed E-state index contributed by atoms with van der Waals surface area (Å²) >= 11 is 6.13. The Hall–Kier alpha value is -1.29. The van der Waals surface area contributed by atoms with E-state index in [1.165, 1.54) is 12.1 Å². The molecular formula is C13H16ClNO3. The summed E-state index contributed by atoms with van der Waals surface area (Å²) in [6.45, 7) is 5.97. The highest BCUT2D eigenvalue weighted by molar-refractivity contribution is 6.21. The Bertz CT molecular complexity index is 487. The second-order valence-corrected chi connectivity index (χ2v) is 5.86. The van der Waals surface area contributed by atoms with Crippen LogP contribution in [0.25, 0.3) is 0 Å². The largest absolute Gasteiger partial charge is 0.489 e. The number of rotatable bonds is 3. The van der Waals surface area contributed by atoms with E-state index in [1.807, 2.05) is 20.8 Å². The van der Waals surface area contributed by atoms with Crippen molar-refractivity contribution in [1.29, 1.82) is 0 Å². The molecule has 0 radical (unpaired) electrons. The molecule has 0 aromatic heterocycles. The number of alkyl halides is 1. The predicted molar refractivity (Wildman–Crippen MR) is 70.3 cm³/mol. The van der Waals surface area contributed by atoms with Crippen LogP contribution in [-0.2, 0) is 0 Å². The maximum absolute atomic E-state index is 10.7. The van der Waals surface area contributed by atoms with Gasteiger partial charge in [-0.05, 0) is 18.6 Å². The average molecular weight is 270 g/mol. The fraction of sp³-hybridized carbons (Fsp3) is 0.538. The Morgan fingerprint density at radius 2 is 2.17 bits per heavy atom. The topological polar surface area (TPSA) is 52.4 Å². The minimum Gasteiger partial charge on any atom is -0.489 e. The lowest BCUT2D eigenvalue weighted by Gasteiger charge is -2.48. The zero-order valence-corrected chi connectivity index (χ0v) is 11.4. The molecule has 5 heteroatoms. The van der Waals surface area contributed by atoms with Gasteiger partial charge in [-0.1, -0.05) is 13.8 Å². The second-order valence-electron chi connectivity index (χ2n) is 5.34. The van der Waals surface area contributed by atoms with E-state index < -0.39 is 4.92 Å². The maximum Gasteiger partial charge on any atom is 0.273 e. The molecule has 0 N–H and O–H groups in total. The van der Waals surface area contributed by atoms with Crippen LogP contribution in [0.1, 0.15) is 25.8 Å². The smallest absolute Gasteiger partial charge is 0.273 e. The molecule has 0 bridgehead atoms. The van der Waals surface area contributed by atoms with Gasteiger partial charge in [0.2, 0.25) is 0 Å². The molecule has 1 aliphatic rings. The molecule has 1 aromatic carbocycles. The third-order valence-electron chi connectivity index (χ3n) is 3.71. The number of nitro groups is 1. The van der Waals surface area contributed by atoms with Crippen molar-refractivity contribution >= 4 is 17.3 Å². The number of hydrogen-bond acceptors (Lipinski definition) is 3. The molecule has 4 nitrogen and oxygen atoms in total. The van der Waals surface area contributed by atoms with Crippen LogP contribution in [0, 0.1) is 22.5 Å². The summed E-state index contributed by atoms with van der Waals surface area (Å²) in [7, 11) is 0. The Kier molecular flexibility index (Phi) is 3.23. The van der Waals surface area contributed by atoms with Crippen LogP contribution >= 0.6 is 11.6 Å². The standard InChI is InChI=1S/C13H16ClNO3/c1-8-4-5-9(15(16)17)6-10(8)18-12-7-11(14)13(12,2)3/h4-6,11-12H,7H2,1-3H3. The van der Waals surface area contributed by atoms with Crippen molar-refractivity contribution in [3.05, 3.63) is 33.9 Å². The van der Waals surface area contributed by atoms with Crippen LogP contribution in [0.3, 0.4) is 0 Å². The number of hydrogen-bond donors (Lipinski definition) is 0. The summed E-state index contributed by atoms with van der Waals surface area (Å²) in [5, 5.41) is 10.8. The Morgan fingerprint density at radius 1 is 1.50 bits per heavy atom. The van der Waals surface area contributed by atoms with E-state index >= 15 is 0 Å². The van der Waals surface area contributed by atoms with Gasteiger partial charge in [0.15, 0.2) is 0 Å². The molecule has 1 aromatic rings. The Labute approximate surface area is 111 Å². The van der Waals surface area contributed by atoms with Crippen molar-refractivity contribution in [2.45, 2.75) is 38.7 Å². The van der Waals surface area contributed by atoms with Crippen LogP contribution < -0.4 is 4.74 Å². The Balaban J connectivity index is 2.19. The molecule has 98 valence electrons. The highest BCUT2D eigenvalue weighted by Crippen LogP contribution is 2.46. The molecule has 1 fully saturated rings. The summed E-state index contributed by atoms with van der Waals surface area (Å²) in [4.78, 5) is 10.3. The lowest BCUT2D eigenvalue weighted by atomic mass is 9.68. The number of non-ortho nitro benzene ring substituents is 1. The highest BCUT2D eigenvalue weighted by atomic mass is 35.5. The molecule has 0 heterocycles. The van der Waals surface area contributed by atoms with Crippen molar-refractivity contribution < 1.29 is 9.66 Å². The van der Waals surface area contributed by atoms with Gasteiger partial charge in [0, 0.05) is 23.3 Å². The number of halogens is 1. The van der Waals surface area contributed by atoms with Gasteiger partial charge in [-0.25, -0.2) is 0 Å². The summed E-state index contributed by atoms with van der Waals surface area (Å²) in [5.74, 6) is 0.575. The van der Waals surface area contributed by atoms with E-state index in [0.29, 0.717) is 5.75 Å². The van der Waals surface area contributed by atoms with Crippen molar-refractivity contribution in [3.8, 4) is 5.75 Å². The fourth-order valence-corrected chi connectivity index (χ4v) is 2.32. The average Bonchev–Trinajstić information content (AvgIpc) is 2.30. The van der Waals surface area contributed by atoms with Crippen molar-refractivity contribution in [1.82, 2.24) is 0 Å². The number of nitrogens with zero attached hydrogens (tertiary/aromatic N) is 1. The number of nitro benzene ring substituents is 1. The summed E-state index contributed by atoms with van der Waals surface area (Å²) in [6.07, 6.45) is 0.789. The van der Waals surface area contributed by atoms with Gasteiger partial charge < -0.3 is 4.74 Å². The van der Waals surface area contributed by atoms with Gasteiger partial charge in [0.1, 0.15) is 11.9 Å². The van der Waals surface area contributed by atoms with Gasteiger partial charge >= 0.3 is 0 Å².